The van der Waals surface area contributed by atoms with Crippen LogP contribution >= 0.6 is 0 Å². The number of nitrogens with zero attached hydrogens (tertiary/aromatic N) is 4. The Bertz CT molecular complexity index is 1170. The Hall–Kier alpha value is -4.00. The lowest BCUT2D eigenvalue weighted by atomic mass is 10.1. The average Bonchev–Trinajstić information content (AvgIpc) is 3.21. The number of aromatic nitrogens is 4. The van der Waals surface area contributed by atoms with Gasteiger partial charge in [0, 0.05) is 36.0 Å². The number of ether oxygens (including phenoxy) is 1. The molecular formula is C24H23N5O2. The summed E-state index contributed by atoms with van der Waals surface area (Å²) in [7, 11) is 1.63. The molecule has 0 fully saturated rings. The van der Waals surface area contributed by atoms with Crippen LogP contribution in [0.5, 0.6) is 5.75 Å². The normalized spacial score (nSPS) is 10.6. The quantitative estimate of drug-likeness (QED) is 0.500. The Kier molecular flexibility index (Phi) is 6.03. The summed E-state index contributed by atoms with van der Waals surface area (Å²) in [5.41, 5.74) is 3.18. The van der Waals surface area contributed by atoms with Crippen molar-refractivity contribution in [1.82, 2.24) is 25.1 Å². The maximum Gasteiger partial charge on any atom is 0.251 e. The molecule has 0 spiro atoms. The molecule has 0 atom stereocenters. The van der Waals surface area contributed by atoms with Crippen LogP contribution in [0.2, 0.25) is 0 Å². The Morgan fingerprint density at radius 1 is 1.06 bits per heavy atom. The van der Waals surface area contributed by atoms with E-state index in [1.165, 1.54) is 0 Å². The van der Waals surface area contributed by atoms with E-state index in [0.717, 1.165) is 22.7 Å². The van der Waals surface area contributed by atoms with E-state index < -0.39 is 0 Å². The lowest BCUT2D eigenvalue weighted by molar-refractivity contribution is 0.0954. The number of carbonyl (C=O) groups is 1. The maximum atomic E-state index is 12.7. The number of methoxy groups -OCH3 is 1. The van der Waals surface area contributed by atoms with Gasteiger partial charge in [-0.3, -0.25) is 9.78 Å². The first-order valence-electron chi connectivity index (χ1n) is 10.0. The molecule has 0 unspecified atom stereocenters. The van der Waals surface area contributed by atoms with E-state index in [-0.39, 0.29) is 5.91 Å². The van der Waals surface area contributed by atoms with Crippen LogP contribution in [0.3, 0.4) is 0 Å². The zero-order chi connectivity index (χ0) is 21.6. The molecule has 2 aromatic carbocycles. The van der Waals surface area contributed by atoms with E-state index in [1.54, 1.807) is 24.1 Å². The lowest BCUT2D eigenvalue weighted by Crippen LogP contribution is -2.26. The van der Waals surface area contributed by atoms with Gasteiger partial charge in [0.05, 0.1) is 12.8 Å². The van der Waals surface area contributed by atoms with E-state index in [9.17, 15) is 4.79 Å². The number of benzene rings is 2. The van der Waals surface area contributed by atoms with Crippen LogP contribution in [0, 0.1) is 6.92 Å². The molecule has 7 nitrogen and oxygen atoms in total. The molecule has 2 heterocycles. The first-order chi connectivity index (χ1) is 15.1. The highest BCUT2D eigenvalue weighted by atomic mass is 16.5. The van der Waals surface area contributed by atoms with Gasteiger partial charge in [-0.25, -0.2) is 9.67 Å². The Morgan fingerprint density at radius 3 is 2.65 bits per heavy atom. The van der Waals surface area contributed by atoms with Crippen LogP contribution in [0.25, 0.3) is 17.1 Å². The number of carbonyl (C=O) groups excluding carboxylic acids is 1. The van der Waals surface area contributed by atoms with Crippen molar-refractivity contribution in [2.75, 3.05) is 13.7 Å². The third-order valence-electron chi connectivity index (χ3n) is 4.81. The van der Waals surface area contributed by atoms with Crippen molar-refractivity contribution in [3.05, 3.63) is 90.0 Å². The van der Waals surface area contributed by atoms with Crippen LogP contribution in [-0.2, 0) is 6.42 Å². The second kappa shape index (κ2) is 9.21. The molecule has 156 valence electrons. The molecule has 31 heavy (non-hydrogen) atoms. The van der Waals surface area contributed by atoms with Crippen LogP contribution in [0.1, 0.15) is 21.9 Å². The highest BCUT2D eigenvalue weighted by Gasteiger charge is 2.14. The third-order valence-corrected chi connectivity index (χ3v) is 4.81. The number of nitrogens with one attached hydrogen (secondary N) is 1. The van der Waals surface area contributed by atoms with Gasteiger partial charge in [-0.15, -0.1) is 0 Å². The van der Waals surface area contributed by atoms with Gasteiger partial charge in [-0.05, 0) is 61.5 Å². The van der Waals surface area contributed by atoms with Crippen molar-refractivity contribution in [3.8, 4) is 22.8 Å². The minimum atomic E-state index is -0.138. The van der Waals surface area contributed by atoms with Crippen molar-refractivity contribution in [2.45, 2.75) is 13.3 Å². The highest BCUT2D eigenvalue weighted by molar-refractivity contribution is 5.94. The van der Waals surface area contributed by atoms with Gasteiger partial charge in [0.15, 0.2) is 5.82 Å². The van der Waals surface area contributed by atoms with E-state index in [4.69, 9.17) is 4.74 Å². The van der Waals surface area contributed by atoms with Crippen molar-refractivity contribution in [1.29, 1.82) is 0 Å². The van der Waals surface area contributed by atoms with Crippen LogP contribution in [-0.4, -0.2) is 39.3 Å². The molecule has 0 radical (unpaired) electrons. The highest BCUT2D eigenvalue weighted by Crippen LogP contribution is 2.24. The molecule has 0 saturated heterocycles. The van der Waals surface area contributed by atoms with Crippen molar-refractivity contribution < 1.29 is 9.53 Å². The largest absolute Gasteiger partial charge is 0.497 e. The Balaban J connectivity index is 1.53. The molecule has 7 heteroatoms. The fourth-order valence-electron chi connectivity index (χ4n) is 3.25. The maximum absolute atomic E-state index is 12.7. The molecule has 4 aromatic rings. The lowest BCUT2D eigenvalue weighted by Gasteiger charge is -2.09. The van der Waals surface area contributed by atoms with Gasteiger partial charge in [0.25, 0.3) is 5.91 Å². The number of rotatable bonds is 7. The van der Waals surface area contributed by atoms with E-state index in [0.29, 0.717) is 30.2 Å². The van der Waals surface area contributed by atoms with Gasteiger partial charge in [-0.2, -0.15) is 5.10 Å². The van der Waals surface area contributed by atoms with E-state index in [1.807, 2.05) is 67.6 Å². The molecule has 0 saturated carbocycles. The summed E-state index contributed by atoms with van der Waals surface area (Å²) in [6.07, 6.45) is 2.43. The summed E-state index contributed by atoms with van der Waals surface area (Å²) in [4.78, 5) is 21.5. The second-order valence-corrected chi connectivity index (χ2v) is 7.00. The molecule has 1 N–H and O–H groups in total. The van der Waals surface area contributed by atoms with Gasteiger partial charge in [0.2, 0.25) is 0 Å². The zero-order valence-electron chi connectivity index (χ0n) is 17.4. The predicted octanol–water partition coefficient (Wildman–Crippen LogP) is 3.62. The molecule has 4 rings (SSSR count). The van der Waals surface area contributed by atoms with E-state index >= 15 is 0 Å². The summed E-state index contributed by atoms with van der Waals surface area (Å²) in [5, 5.41) is 7.49. The van der Waals surface area contributed by atoms with E-state index in [2.05, 4.69) is 20.4 Å². The average molecular weight is 413 g/mol. The zero-order valence-corrected chi connectivity index (χ0v) is 17.4. The van der Waals surface area contributed by atoms with Crippen molar-refractivity contribution in [2.24, 2.45) is 0 Å². The van der Waals surface area contributed by atoms with Gasteiger partial charge >= 0.3 is 0 Å². The van der Waals surface area contributed by atoms with Gasteiger partial charge < -0.3 is 10.1 Å². The summed E-state index contributed by atoms with van der Waals surface area (Å²) in [6, 6.07) is 20.8. The van der Waals surface area contributed by atoms with Crippen LogP contribution in [0.4, 0.5) is 0 Å². The number of amides is 1. The Labute approximate surface area is 180 Å². The summed E-state index contributed by atoms with van der Waals surface area (Å²) < 4.78 is 6.99. The standard InChI is InChI=1S/C24H23N5O2/c1-17-27-23(18-9-11-22(31-2)12-10-18)29(28-17)21-8-5-6-19(16-21)24(30)26-15-13-20-7-3-4-14-25-20/h3-12,14,16H,13,15H2,1-2H3,(H,26,30). The fourth-order valence-corrected chi connectivity index (χ4v) is 3.25. The number of hydrogen-bond donors (Lipinski definition) is 1. The smallest absolute Gasteiger partial charge is 0.251 e. The number of aryl methyl sites for hydroxylation is 1. The topological polar surface area (TPSA) is 81.9 Å². The summed E-state index contributed by atoms with van der Waals surface area (Å²) in [6.45, 7) is 2.36. The first kappa shape index (κ1) is 20.3. The third kappa shape index (κ3) is 4.78. The molecule has 1 amide bonds. The van der Waals surface area contributed by atoms with Crippen LogP contribution in [0.15, 0.2) is 72.9 Å². The summed E-state index contributed by atoms with van der Waals surface area (Å²) >= 11 is 0. The fraction of sp³-hybridized carbons (Fsp3) is 0.167. The molecule has 0 aliphatic carbocycles. The minimum Gasteiger partial charge on any atom is -0.497 e. The molecule has 0 aliphatic rings. The van der Waals surface area contributed by atoms with Crippen molar-refractivity contribution in [3.63, 3.8) is 0 Å². The Morgan fingerprint density at radius 2 is 1.90 bits per heavy atom. The molecule has 0 bridgehead atoms. The monoisotopic (exact) mass is 413 g/mol. The molecule has 0 aliphatic heterocycles. The SMILES string of the molecule is COc1ccc(-c2nc(C)nn2-c2cccc(C(=O)NCCc3ccccn3)c2)cc1. The van der Waals surface area contributed by atoms with Gasteiger partial charge in [0.1, 0.15) is 11.6 Å². The summed E-state index contributed by atoms with van der Waals surface area (Å²) in [5.74, 6) is 1.99. The van der Waals surface area contributed by atoms with Gasteiger partial charge in [-0.1, -0.05) is 12.1 Å². The number of pyridine rings is 1. The second-order valence-electron chi connectivity index (χ2n) is 7.00. The molecule has 2 aromatic heterocycles. The first-order valence-corrected chi connectivity index (χ1v) is 10.0. The molecular weight excluding hydrogens is 390 g/mol. The van der Waals surface area contributed by atoms with Crippen molar-refractivity contribution >= 4 is 5.91 Å². The number of hydrogen-bond acceptors (Lipinski definition) is 5. The minimum absolute atomic E-state index is 0.138. The van der Waals surface area contributed by atoms with Crippen LogP contribution < -0.4 is 10.1 Å². The predicted molar refractivity (Wildman–Crippen MR) is 118 cm³/mol.